The lowest BCUT2D eigenvalue weighted by Gasteiger charge is -2.29. The zero-order valence-corrected chi connectivity index (χ0v) is 16.5. The number of hydrogen-bond acceptors (Lipinski definition) is 5. The van der Waals surface area contributed by atoms with Crippen LogP contribution in [0.1, 0.15) is 11.7 Å². The summed E-state index contributed by atoms with van der Waals surface area (Å²) < 4.78 is 33.2. The number of morpholine rings is 1. The molecular weight excluding hydrogens is 420 g/mol. The fourth-order valence-corrected chi connectivity index (χ4v) is 4.04. The van der Waals surface area contributed by atoms with Crippen LogP contribution in [-0.2, 0) is 14.8 Å². The molecule has 140 valence electrons. The minimum atomic E-state index is -3.66. The van der Waals surface area contributed by atoms with Crippen LogP contribution in [-0.4, -0.2) is 46.4 Å². The molecule has 2 aromatic carbocycles. The summed E-state index contributed by atoms with van der Waals surface area (Å²) >= 11 is 3.27. The SMILES string of the molecule is O=S(=O)(NCC(O)c1ccc(N2CCOCC2)cc1)c1ccc(Br)cc1. The van der Waals surface area contributed by atoms with E-state index < -0.39 is 16.1 Å². The molecule has 1 saturated heterocycles. The lowest BCUT2D eigenvalue weighted by molar-refractivity contribution is 0.122. The number of rotatable bonds is 6. The molecule has 1 fully saturated rings. The van der Waals surface area contributed by atoms with Crippen molar-refractivity contribution in [2.45, 2.75) is 11.0 Å². The summed E-state index contributed by atoms with van der Waals surface area (Å²) in [6.07, 6.45) is -0.918. The van der Waals surface area contributed by atoms with Crippen molar-refractivity contribution in [3.8, 4) is 0 Å². The molecule has 2 aromatic rings. The topological polar surface area (TPSA) is 78.9 Å². The molecular formula is C18H21BrN2O4S. The van der Waals surface area contributed by atoms with E-state index in [1.165, 1.54) is 12.1 Å². The number of ether oxygens (including phenoxy) is 1. The van der Waals surface area contributed by atoms with E-state index in [1.54, 1.807) is 12.1 Å². The molecule has 0 aliphatic carbocycles. The van der Waals surface area contributed by atoms with Crippen LogP contribution >= 0.6 is 15.9 Å². The number of sulfonamides is 1. The molecule has 0 amide bonds. The average Bonchev–Trinajstić information content (AvgIpc) is 2.67. The first-order chi connectivity index (χ1) is 12.5. The van der Waals surface area contributed by atoms with Crippen LogP contribution in [0.2, 0.25) is 0 Å². The first-order valence-electron chi connectivity index (χ1n) is 8.32. The lowest BCUT2D eigenvalue weighted by Crippen LogP contribution is -2.36. The first-order valence-corrected chi connectivity index (χ1v) is 10.6. The Bertz CT molecular complexity index is 819. The summed E-state index contributed by atoms with van der Waals surface area (Å²) in [6, 6.07) is 13.9. The molecule has 6 nitrogen and oxygen atoms in total. The third-order valence-electron chi connectivity index (χ3n) is 4.24. The van der Waals surface area contributed by atoms with Crippen molar-refractivity contribution in [2.75, 3.05) is 37.7 Å². The average molecular weight is 441 g/mol. The van der Waals surface area contributed by atoms with Gasteiger partial charge in [0.1, 0.15) is 0 Å². The van der Waals surface area contributed by atoms with E-state index in [-0.39, 0.29) is 11.4 Å². The monoisotopic (exact) mass is 440 g/mol. The van der Waals surface area contributed by atoms with Crippen molar-refractivity contribution in [3.05, 3.63) is 58.6 Å². The van der Waals surface area contributed by atoms with Gasteiger partial charge in [-0.15, -0.1) is 0 Å². The molecule has 2 N–H and O–H groups in total. The van der Waals surface area contributed by atoms with E-state index in [2.05, 4.69) is 25.6 Å². The Morgan fingerprint density at radius 3 is 2.31 bits per heavy atom. The Labute approximate surface area is 162 Å². The van der Waals surface area contributed by atoms with Gasteiger partial charge in [-0.25, -0.2) is 13.1 Å². The van der Waals surface area contributed by atoms with Crippen molar-refractivity contribution in [1.29, 1.82) is 0 Å². The van der Waals surface area contributed by atoms with E-state index in [9.17, 15) is 13.5 Å². The normalized spacial score (nSPS) is 16.5. The van der Waals surface area contributed by atoms with Crippen molar-refractivity contribution < 1.29 is 18.3 Å². The molecule has 1 heterocycles. The molecule has 0 aromatic heterocycles. The summed E-state index contributed by atoms with van der Waals surface area (Å²) in [5.41, 5.74) is 1.74. The molecule has 1 aliphatic rings. The van der Waals surface area contributed by atoms with E-state index in [0.717, 1.165) is 23.2 Å². The Hall–Kier alpha value is -1.45. The van der Waals surface area contributed by atoms with E-state index in [0.29, 0.717) is 18.8 Å². The van der Waals surface area contributed by atoms with Crippen LogP contribution in [0.3, 0.4) is 0 Å². The van der Waals surface area contributed by atoms with E-state index in [4.69, 9.17) is 4.74 Å². The first kappa shape index (κ1) is 19.3. The molecule has 1 unspecified atom stereocenters. The maximum absolute atomic E-state index is 12.3. The third kappa shape index (κ3) is 4.83. The summed E-state index contributed by atoms with van der Waals surface area (Å²) in [6.45, 7) is 3.02. The Kier molecular flexibility index (Phi) is 6.31. The summed E-state index contributed by atoms with van der Waals surface area (Å²) in [5.74, 6) is 0. The third-order valence-corrected chi connectivity index (χ3v) is 6.21. The Morgan fingerprint density at radius 1 is 1.08 bits per heavy atom. The van der Waals surface area contributed by atoms with Crippen LogP contribution < -0.4 is 9.62 Å². The molecule has 3 rings (SSSR count). The van der Waals surface area contributed by atoms with Gasteiger partial charge < -0.3 is 14.7 Å². The number of nitrogens with zero attached hydrogens (tertiary/aromatic N) is 1. The molecule has 1 aliphatic heterocycles. The summed E-state index contributed by atoms with van der Waals surface area (Å²) in [4.78, 5) is 2.38. The summed E-state index contributed by atoms with van der Waals surface area (Å²) in [5, 5.41) is 10.3. The molecule has 26 heavy (non-hydrogen) atoms. The second-order valence-electron chi connectivity index (χ2n) is 6.01. The standard InChI is InChI=1S/C18H21BrN2O4S/c19-15-3-7-17(8-4-15)26(23,24)20-13-18(22)14-1-5-16(6-2-14)21-9-11-25-12-10-21/h1-8,18,20,22H,9-13H2. The Balaban J connectivity index is 1.60. The molecule has 1 atom stereocenters. The van der Waals surface area contributed by atoms with Gasteiger partial charge >= 0.3 is 0 Å². The molecule has 8 heteroatoms. The van der Waals surface area contributed by atoms with Crippen LogP contribution in [0, 0.1) is 0 Å². The predicted molar refractivity (Wildman–Crippen MR) is 104 cm³/mol. The quantitative estimate of drug-likeness (QED) is 0.720. The van der Waals surface area contributed by atoms with Gasteiger partial charge in [-0.05, 0) is 42.0 Å². The predicted octanol–water partition coefficient (Wildman–Crippen LogP) is 2.30. The van der Waals surface area contributed by atoms with Crippen molar-refractivity contribution >= 4 is 31.6 Å². The highest BCUT2D eigenvalue weighted by Gasteiger charge is 2.17. The summed E-state index contributed by atoms with van der Waals surface area (Å²) in [7, 11) is -3.66. The largest absolute Gasteiger partial charge is 0.387 e. The maximum Gasteiger partial charge on any atom is 0.240 e. The Morgan fingerprint density at radius 2 is 1.69 bits per heavy atom. The highest BCUT2D eigenvalue weighted by Crippen LogP contribution is 2.21. The van der Waals surface area contributed by atoms with Crippen LogP contribution in [0.25, 0.3) is 0 Å². The van der Waals surface area contributed by atoms with E-state index in [1.807, 2.05) is 24.3 Å². The number of aliphatic hydroxyl groups excluding tert-OH is 1. The van der Waals surface area contributed by atoms with Gasteiger partial charge in [-0.2, -0.15) is 0 Å². The van der Waals surface area contributed by atoms with Gasteiger partial charge in [0.15, 0.2) is 0 Å². The van der Waals surface area contributed by atoms with Gasteiger partial charge in [0.05, 0.1) is 24.2 Å². The second kappa shape index (κ2) is 8.49. The van der Waals surface area contributed by atoms with Gasteiger partial charge in [-0.1, -0.05) is 28.1 Å². The number of hydrogen-bond donors (Lipinski definition) is 2. The number of anilines is 1. The number of nitrogens with one attached hydrogen (secondary N) is 1. The van der Waals surface area contributed by atoms with Crippen LogP contribution in [0.5, 0.6) is 0 Å². The molecule has 0 radical (unpaired) electrons. The smallest absolute Gasteiger partial charge is 0.240 e. The van der Waals surface area contributed by atoms with Crippen LogP contribution in [0.15, 0.2) is 57.9 Å². The van der Waals surface area contributed by atoms with Gasteiger partial charge in [0.2, 0.25) is 10.0 Å². The number of halogens is 1. The van der Waals surface area contributed by atoms with Crippen molar-refractivity contribution in [3.63, 3.8) is 0 Å². The number of aliphatic hydroxyl groups is 1. The van der Waals surface area contributed by atoms with Gasteiger partial charge in [0.25, 0.3) is 0 Å². The highest BCUT2D eigenvalue weighted by atomic mass is 79.9. The highest BCUT2D eigenvalue weighted by molar-refractivity contribution is 9.10. The van der Waals surface area contributed by atoms with Gasteiger partial charge in [0, 0.05) is 29.8 Å². The van der Waals surface area contributed by atoms with Crippen molar-refractivity contribution in [2.24, 2.45) is 0 Å². The molecule has 0 bridgehead atoms. The fraction of sp³-hybridized carbons (Fsp3) is 0.333. The number of benzene rings is 2. The maximum atomic E-state index is 12.3. The minimum absolute atomic E-state index is 0.0880. The molecule has 0 saturated carbocycles. The zero-order chi connectivity index (χ0) is 18.6. The molecule has 0 spiro atoms. The van der Waals surface area contributed by atoms with Gasteiger partial charge in [-0.3, -0.25) is 0 Å². The van der Waals surface area contributed by atoms with E-state index >= 15 is 0 Å². The zero-order valence-electron chi connectivity index (χ0n) is 14.1. The second-order valence-corrected chi connectivity index (χ2v) is 8.70. The minimum Gasteiger partial charge on any atom is -0.387 e. The van der Waals surface area contributed by atoms with Crippen molar-refractivity contribution in [1.82, 2.24) is 4.72 Å². The fourth-order valence-electron chi connectivity index (χ4n) is 2.73. The van der Waals surface area contributed by atoms with Crippen LogP contribution in [0.4, 0.5) is 5.69 Å². The lowest BCUT2D eigenvalue weighted by atomic mass is 10.1.